The van der Waals surface area contributed by atoms with Crippen LogP contribution in [0.15, 0.2) is 104 Å². The second kappa shape index (κ2) is 10.2. The summed E-state index contributed by atoms with van der Waals surface area (Å²) in [6, 6.07) is 31.3. The molecular weight excluding hydrogens is 356 g/mol. The standard InChI is InChI=1S/C26H30N2O/c1-3-19-28(2)20-25(21-29)27-26(22-13-7-4-8-14-22,23-15-9-5-10-16-23)24-17-11-6-12-18-24/h3-18,25,27,29H,1,19-21H2,2H3/t25-/m0/s1. The fourth-order valence-corrected chi connectivity index (χ4v) is 3.94. The number of benzene rings is 3. The van der Waals surface area contributed by atoms with Crippen LogP contribution in [0, 0.1) is 0 Å². The molecule has 0 aromatic heterocycles. The molecule has 0 unspecified atom stereocenters. The van der Waals surface area contributed by atoms with Crippen molar-refractivity contribution in [1.29, 1.82) is 0 Å². The Morgan fingerprint density at radius 1 is 0.862 bits per heavy atom. The van der Waals surface area contributed by atoms with Crippen molar-refractivity contribution in [2.75, 3.05) is 26.7 Å². The first-order valence-corrected chi connectivity index (χ1v) is 10.0. The molecule has 0 amide bonds. The summed E-state index contributed by atoms with van der Waals surface area (Å²) in [4.78, 5) is 2.16. The van der Waals surface area contributed by atoms with E-state index in [0.717, 1.165) is 23.2 Å². The third kappa shape index (κ3) is 4.83. The Labute approximate surface area is 174 Å². The van der Waals surface area contributed by atoms with Crippen LogP contribution in [0.25, 0.3) is 0 Å². The molecule has 29 heavy (non-hydrogen) atoms. The van der Waals surface area contributed by atoms with Crippen LogP contribution in [-0.4, -0.2) is 42.8 Å². The topological polar surface area (TPSA) is 35.5 Å². The molecule has 0 aliphatic heterocycles. The highest BCUT2D eigenvalue weighted by atomic mass is 16.3. The van der Waals surface area contributed by atoms with Crippen LogP contribution < -0.4 is 5.32 Å². The molecule has 0 heterocycles. The second-order valence-corrected chi connectivity index (χ2v) is 7.38. The van der Waals surface area contributed by atoms with Gasteiger partial charge in [0.2, 0.25) is 0 Å². The summed E-state index contributed by atoms with van der Waals surface area (Å²) in [5.74, 6) is 0. The van der Waals surface area contributed by atoms with Gasteiger partial charge in [0.1, 0.15) is 0 Å². The van der Waals surface area contributed by atoms with Crippen molar-refractivity contribution in [3.63, 3.8) is 0 Å². The molecule has 3 rings (SSSR count). The Balaban J connectivity index is 2.15. The van der Waals surface area contributed by atoms with Crippen LogP contribution >= 0.6 is 0 Å². The number of nitrogens with zero attached hydrogens (tertiary/aromatic N) is 1. The quantitative estimate of drug-likeness (QED) is 0.408. The van der Waals surface area contributed by atoms with Crippen LogP contribution in [0.3, 0.4) is 0 Å². The Morgan fingerprint density at radius 2 is 1.28 bits per heavy atom. The molecule has 3 aromatic rings. The minimum Gasteiger partial charge on any atom is -0.395 e. The maximum absolute atomic E-state index is 10.2. The van der Waals surface area contributed by atoms with E-state index in [4.69, 9.17) is 0 Å². The number of nitrogens with one attached hydrogen (secondary N) is 1. The van der Waals surface area contributed by atoms with E-state index in [1.165, 1.54) is 0 Å². The Kier molecular flexibility index (Phi) is 7.36. The van der Waals surface area contributed by atoms with Gasteiger partial charge in [-0.3, -0.25) is 5.32 Å². The molecule has 0 fully saturated rings. The minimum atomic E-state index is -0.577. The van der Waals surface area contributed by atoms with Gasteiger partial charge in [-0.15, -0.1) is 6.58 Å². The summed E-state index contributed by atoms with van der Waals surface area (Å²) in [5, 5.41) is 14.1. The summed E-state index contributed by atoms with van der Waals surface area (Å²) in [5.41, 5.74) is 2.85. The van der Waals surface area contributed by atoms with Crippen LogP contribution in [0.2, 0.25) is 0 Å². The van der Waals surface area contributed by atoms with Gasteiger partial charge in [0, 0.05) is 19.1 Å². The molecule has 0 saturated heterocycles. The van der Waals surface area contributed by atoms with Crippen LogP contribution in [0.1, 0.15) is 16.7 Å². The van der Waals surface area contributed by atoms with E-state index in [1.54, 1.807) is 0 Å². The van der Waals surface area contributed by atoms with Gasteiger partial charge in [-0.05, 0) is 23.7 Å². The van der Waals surface area contributed by atoms with Crippen molar-refractivity contribution in [2.45, 2.75) is 11.6 Å². The minimum absolute atomic E-state index is 0.0374. The van der Waals surface area contributed by atoms with E-state index in [9.17, 15) is 5.11 Å². The van der Waals surface area contributed by atoms with Gasteiger partial charge in [0.15, 0.2) is 0 Å². The summed E-state index contributed by atoms with van der Waals surface area (Å²) in [6.45, 7) is 5.34. The summed E-state index contributed by atoms with van der Waals surface area (Å²) >= 11 is 0. The third-order valence-electron chi connectivity index (χ3n) is 5.23. The zero-order chi connectivity index (χ0) is 20.5. The lowest BCUT2D eigenvalue weighted by atomic mass is 9.76. The van der Waals surface area contributed by atoms with E-state index in [0.29, 0.717) is 6.54 Å². The zero-order valence-corrected chi connectivity index (χ0v) is 17.0. The molecule has 0 saturated carbocycles. The SMILES string of the molecule is C=CCN(C)C[C@@H](CO)NC(c1ccccc1)(c1ccccc1)c1ccccc1. The highest BCUT2D eigenvalue weighted by Gasteiger charge is 2.38. The first-order valence-electron chi connectivity index (χ1n) is 10.0. The van der Waals surface area contributed by atoms with E-state index in [1.807, 2.05) is 31.3 Å². The van der Waals surface area contributed by atoms with Crippen LogP contribution in [0.5, 0.6) is 0 Å². The van der Waals surface area contributed by atoms with Crippen molar-refractivity contribution in [2.24, 2.45) is 0 Å². The van der Waals surface area contributed by atoms with Crippen LogP contribution in [0.4, 0.5) is 0 Å². The smallest absolute Gasteiger partial charge is 0.0951 e. The summed E-state index contributed by atoms with van der Waals surface area (Å²) < 4.78 is 0. The van der Waals surface area contributed by atoms with Gasteiger partial charge in [0.05, 0.1) is 12.1 Å². The Hall–Kier alpha value is -2.72. The fraction of sp³-hybridized carbons (Fsp3) is 0.231. The van der Waals surface area contributed by atoms with Gasteiger partial charge >= 0.3 is 0 Å². The monoisotopic (exact) mass is 386 g/mol. The normalized spacial score (nSPS) is 12.7. The van der Waals surface area contributed by atoms with E-state index in [-0.39, 0.29) is 12.6 Å². The predicted molar refractivity (Wildman–Crippen MR) is 121 cm³/mol. The molecule has 0 bridgehead atoms. The van der Waals surface area contributed by atoms with Gasteiger partial charge in [-0.1, -0.05) is 97.1 Å². The molecule has 3 nitrogen and oxygen atoms in total. The van der Waals surface area contributed by atoms with Crippen LogP contribution in [-0.2, 0) is 5.54 Å². The predicted octanol–water partition coefficient (Wildman–Crippen LogP) is 4.05. The summed E-state index contributed by atoms with van der Waals surface area (Å²) in [6.07, 6.45) is 1.88. The van der Waals surface area contributed by atoms with Gasteiger partial charge < -0.3 is 10.0 Å². The largest absolute Gasteiger partial charge is 0.395 e. The maximum Gasteiger partial charge on any atom is 0.0951 e. The molecular formula is C26H30N2O. The molecule has 0 radical (unpaired) electrons. The second-order valence-electron chi connectivity index (χ2n) is 7.38. The van der Waals surface area contributed by atoms with Crippen molar-refractivity contribution in [3.05, 3.63) is 120 Å². The first kappa shape index (κ1) is 21.0. The molecule has 2 N–H and O–H groups in total. The molecule has 1 atom stereocenters. The number of aliphatic hydroxyl groups excluding tert-OH is 1. The van der Waals surface area contributed by atoms with Gasteiger partial charge in [-0.2, -0.15) is 0 Å². The number of hydrogen-bond acceptors (Lipinski definition) is 3. The lowest BCUT2D eigenvalue weighted by Gasteiger charge is -2.40. The first-order chi connectivity index (χ1) is 14.2. The highest BCUT2D eigenvalue weighted by Crippen LogP contribution is 2.37. The van der Waals surface area contributed by atoms with Crippen molar-refractivity contribution >= 4 is 0 Å². The highest BCUT2D eigenvalue weighted by molar-refractivity contribution is 5.49. The van der Waals surface area contributed by atoms with Gasteiger partial charge in [0.25, 0.3) is 0 Å². The van der Waals surface area contributed by atoms with Crippen molar-refractivity contribution in [3.8, 4) is 0 Å². The zero-order valence-electron chi connectivity index (χ0n) is 17.0. The number of hydrogen-bond donors (Lipinski definition) is 2. The number of aliphatic hydroxyl groups is 1. The molecule has 0 aliphatic rings. The lowest BCUT2D eigenvalue weighted by molar-refractivity contribution is 0.186. The third-order valence-corrected chi connectivity index (χ3v) is 5.23. The molecule has 150 valence electrons. The number of likely N-dealkylation sites (N-methyl/N-ethyl adjacent to an activating group) is 1. The van der Waals surface area contributed by atoms with Crippen molar-refractivity contribution in [1.82, 2.24) is 10.2 Å². The number of rotatable bonds is 10. The van der Waals surface area contributed by atoms with Gasteiger partial charge in [-0.25, -0.2) is 0 Å². The average molecular weight is 387 g/mol. The lowest BCUT2D eigenvalue weighted by Crippen LogP contribution is -2.54. The molecule has 0 spiro atoms. The van der Waals surface area contributed by atoms with E-state index < -0.39 is 5.54 Å². The van der Waals surface area contributed by atoms with E-state index in [2.05, 4.69) is 89.6 Å². The van der Waals surface area contributed by atoms with E-state index >= 15 is 0 Å². The maximum atomic E-state index is 10.2. The molecule has 3 heteroatoms. The Bertz CT molecular complexity index is 768. The van der Waals surface area contributed by atoms with Crippen molar-refractivity contribution < 1.29 is 5.11 Å². The summed E-state index contributed by atoms with van der Waals surface area (Å²) in [7, 11) is 2.04. The molecule has 3 aromatic carbocycles. The average Bonchev–Trinajstić information content (AvgIpc) is 2.78. The molecule has 0 aliphatic carbocycles. The Morgan fingerprint density at radius 3 is 1.62 bits per heavy atom. The fourth-order valence-electron chi connectivity index (χ4n) is 3.94.